The first-order valence-electron chi connectivity index (χ1n) is 6.29. The zero-order valence-corrected chi connectivity index (χ0v) is 11.4. The Bertz CT molecular complexity index is 585. The molecule has 100 valence electrons. The van der Waals surface area contributed by atoms with Crippen LogP contribution in [0, 0.1) is 12.8 Å². The molecule has 2 rings (SSSR count). The maximum absolute atomic E-state index is 11.0. The molecule has 0 aliphatic heterocycles. The van der Waals surface area contributed by atoms with Crippen molar-refractivity contribution in [1.29, 1.82) is 0 Å². The molecule has 2 aromatic rings. The van der Waals surface area contributed by atoms with Crippen LogP contribution >= 0.6 is 0 Å². The highest BCUT2D eigenvalue weighted by molar-refractivity contribution is 5.71. The number of aromatic nitrogens is 2. The SMILES string of the molecule is Cc1ccc(-c2cn(C)nc2CC(C)C(=O)O)cc1. The molecule has 1 aromatic heterocycles. The number of aryl methyl sites for hydroxylation is 2. The van der Waals surface area contributed by atoms with Crippen LogP contribution in [0.5, 0.6) is 0 Å². The number of benzene rings is 1. The van der Waals surface area contributed by atoms with Gasteiger partial charge in [-0.1, -0.05) is 36.8 Å². The van der Waals surface area contributed by atoms with Gasteiger partial charge in [-0.2, -0.15) is 5.10 Å². The molecule has 0 aliphatic rings. The Hall–Kier alpha value is -2.10. The lowest BCUT2D eigenvalue weighted by Crippen LogP contribution is -2.13. The van der Waals surface area contributed by atoms with Gasteiger partial charge in [0.2, 0.25) is 0 Å². The number of rotatable bonds is 4. The largest absolute Gasteiger partial charge is 0.481 e. The third-order valence-corrected chi connectivity index (χ3v) is 3.19. The second kappa shape index (κ2) is 5.26. The Kier molecular flexibility index (Phi) is 3.69. The molecule has 0 fully saturated rings. The normalized spacial score (nSPS) is 12.4. The number of carboxylic acid groups (broad SMARTS) is 1. The van der Waals surface area contributed by atoms with Crippen molar-refractivity contribution in [1.82, 2.24) is 9.78 Å². The fraction of sp³-hybridized carbons (Fsp3) is 0.333. The van der Waals surface area contributed by atoms with E-state index < -0.39 is 11.9 Å². The van der Waals surface area contributed by atoms with Crippen LogP contribution < -0.4 is 0 Å². The summed E-state index contributed by atoms with van der Waals surface area (Å²) in [5.74, 6) is -1.22. The quantitative estimate of drug-likeness (QED) is 0.917. The number of aliphatic carboxylic acids is 1. The molecule has 0 aliphatic carbocycles. The van der Waals surface area contributed by atoms with E-state index in [9.17, 15) is 4.79 Å². The summed E-state index contributed by atoms with van der Waals surface area (Å²) in [7, 11) is 1.85. The first-order chi connectivity index (χ1) is 8.97. The summed E-state index contributed by atoms with van der Waals surface area (Å²) in [6.07, 6.45) is 2.38. The fourth-order valence-electron chi connectivity index (χ4n) is 2.04. The standard InChI is InChI=1S/C15H18N2O2/c1-10-4-6-12(7-5-10)13-9-17(3)16-14(13)8-11(2)15(18)19/h4-7,9,11H,8H2,1-3H3,(H,18,19). The van der Waals surface area contributed by atoms with Gasteiger partial charge in [0.25, 0.3) is 0 Å². The molecule has 4 heteroatoms. The highest BCUT2D eigenvalue weighted by Crippen LogP contribution is 2.25. The number of carbonyl (C=O) groups is 1. The summed E-state index contributed by atoms with van der Waals surface area (Å²) in [5.41, 5.74) is 4.12. The molecule has 0 amide bonds. The number of hydrogen-bond donors (Lipinski definition) is 1. The minimum Gasteiger partial charge on any atom is -0.481 e. The Morgan fingerprint density at radius 3 is 2.58 bits per heavy atom. The second-order valence-corrected chi connectivity index (χ2v) is 4.97. The van der Waals surface area contributed by atoms with Crippen molar-refractivity contribution in [3.8, 4) is 11.1 Å². The van der Waals surface area contributed by atoms with Gasteiger partial charge in [-0.15, -0.1) is 0 Å². The molecule has 0 radical (unpaired) electrons. The van der Waals surface area contributed by atoms with E-state index in [1.807, 2.05) is 44.4 Å². The molecule has 1 unspecified atom stereocenters. The number of nitrogens with zero attached hydrogens (tertiary/aromatic N) is 2. The van der Waals surface area contributed by atoms with E-state index in [-0.39, 0.29) is 0 Å². The number of carboxylic acids is 1. The third kappa shape index (κ3) is 3.02. The van der Waals surface area contributed by atoms with Crippen LogP contribution in [0.2, 0.25) is 0 Å². The van der Waals surface area contributed by atoms with Gasteiger partial charge in [-0.25, -0.2) is 0 Å². The van der Waals surface area contributed by atoms with Crippen LogP contribution in [-0.4, -0.2) is 20.9 Å². The van der Waals surface area contributed by atoms with E-state index in [0.29, 0.717) is 6.42 Å². The summed E-state index contributed by atoms with van der Waals surface area (Å²) in [4.78, 5) is 11.0. The molecule has 19 heavy (non-hydrogen) atoms. The summed E-state index contributed by atoms with van der Waals surface area (Å²) >= 11 is 0. The topological polar surface area (TPSA) is 55.1 Å². The predicted octanol–water partition coefficient (Wildman–Crippen LogP) is 2.66. The van der Waals surface area contributed by atoms with E-state index in [1.54, 1.807) is 11.6 Å². The third-order valence-electron chi connectivity index (χ3n) is 3.19. The van der Waals surface area contributed by atoms with Gasteiger partial charge >= 0.3 is 5.97 Å². The van der Waals surface area contributed by atoms with E-state index in [2.05, 4.69) is 5.10 Å². The first kappa shape index (κ1) is 13.3. The zero-order chi connectivity index (χ0) is 14.0. The summed E-state index contributed by atoms with van der Waals surface area (Å²) in [5, 5.41) is 13.4. The second-order valence-electron chi connectivity index (χ2n) is 4.97. The van der Waals surface area contributed by atoms with E-state index >= 15 is 0 Å². The summed E-state index contributed by atoms with van der Waals surface area (Å²) < 4.78 is 1.74. The van der Waals surface area contributed by atoms with Gasteiger partial charge in [0.05, 0.1) is 11.6 Å². The van der Waals surface area contributed by atoms with Crippen LogP contribution in [0.1, 0.15) is 18.2 Å². The fourth-order valence-corrected chi connectivity index (χ4v) is 2.04. The molecule has 1 aromatic carbocycles. The van der Waals surface area contributed by atoms with Gasteiger partial charge in [-0.3, -0.25) is 9.48 Å². The molecule has 1 N–H and O–H groups in total. The Morgan fingerprint density at radius 2 is 2.00 bits per heavy atom. The summed E-state index contributed by atoms with van der Waals surface area (Å²) in [6.45, 7) is 3.75. The molecular formula is C15H18N2O2. The van der Waals surface area contributed by atoms with Crippen LogP contribution in [0.4, 0.5) is 0 Å². The maximum atomic E-state index is 11.0. The van der Waals surface area contributed by atoms with Gasteiger partial charge in [0, 0.05) is 25.2 Å². The minimum atomic E-state index is -0.791. The van der Waals surface area contributed by atoms with Gasteiger partial charge < -0.3 is 5.11 Å². The van der Waals surface area contributed by atoms with E-state index in [1.165, 1.54) is 5.56 Å². The zero-order valence-electron chi connectivity index (χ0n) is 11.4. The van der Waals surface area contributed by atoms with E-state index in [4.69, 9.17) is 5.11 Å². The van der Waals surface area contributed by atoms with Crippen molar-refractivity contribution in [2.24, 2.45) is 13.0 Å². The van der Waals surface area contributed by atoms with Crippen molar-refractivity contribution < 1.29 is 9.90 Å². The van der Waals surface area contributed by atoms with Crippen LogP contribution in [-0.2, 0) is 18.3 Å². The molecule has 0 bridgehead atoms. The molecule has 0 saturated heterocycles. The lowest BCUT2D eigenvalue weighted by Gasteiger charge is -2.06. The first-order valence-corrected chi connectivity index (χ1v) is 6.29. The average molecular weight is 258 g/mol. The highest BCUT2D eigenvalue weighted by atomic mass is 16.4. The van der Waals surface area contributed by atoms with Crippen LogP contribution in [0.15, 0.2) is 30.5 Å². The van der Waals surface area contributed by atoms with Gasteiger partial charge in [0.1, 0.15) is 0 Å². The van der Waals surface area contributed by atoms with Crippen molar-refractivity contribution in [3.05, 3.63) is 41.7 Å². The Balaban J connectivity index is 2.35. The van der Waals surface area contributed by atoms with Crippen molar-refractivity contribution in [2.45, 2.75) is 20.3 Å². The van der Waals surface area contributed by atoms with Crippen LogP contribution in [0.25, 0.3) is 11.1 Å². The van der Waals surface area contributed by atoms with Crippen LogP contribution in [0.3, 0.4) is 0 Å². The molecular weight excluding hydrogens is 240 g/mol. The Morgan fingerprint density at radius 1 is 1.37 bits per heavy atom. The lowest BCUT2D eigenvalue weighted by molar-refractivity contribution is -0.141. The minimum absolute atomic E-state index is 0.431. The predicted molar refractivity (Wildman–Crippen MR) is 73.9 cm³/mol. The van der Waals surface area contributed by atoms with Gasteiger partial charge in [-0.05, 0) is 12.5 Å². The monoisotopic (exact) mass is 258 g/mol. The number of hydrogen-bond acceptors (Lipinski definition) is 2. The van der Waals surface area contributed by atoms with Crippen molar-refractivity contribution in [2.75, 3.05) is 0 Å². The smallest absolute Gasteiger partial charge is 0.306 e. The van der Waals surface area contributed by atoms with Crippen molar-refractivity contribution in [3.63, 3.8) is 0 Å². The van der Waals surface area contributed by atoms with Gasteiger partial charge in [0.15, 0.2) is 0 Å². The molecule has 1 heterocycles. The molecule has 0 spiro atoms. The van der Waals surface area contributed by atoms with Crippen molar-refractivity contribution >= 4 is 5.97 Å². The average Bonchev–Trinajstić information content (AvgIpc) is 2.71. The Labute approximate surface area is 112 Å². The molecule has 4 nitrogen and oxygen atoms in total. The van der Waals surface area contributed by atoms with E-state index in [0.717, 1.165) is 16.8 Å². The highest BCUT2D eigenvalue weighted by Gasteiger charge is 2.17. The maximum Gasteiger partial charge on any atom is 0.306 e. The molecule has 0 saturated carbocycles. The molecule has 1 atom stereocenters. The lowest BCUT2D eigenvalue weighted by atomic mass is 9.99. The summed E-state index contributed by atoms with van der Waals surface area (Å²) in [6, 6.07) is 8.18.